The van der Waals surface area contributed by atoms with Crippen LogP contribution in [0, 0.1) is 32.3 Å². The minimum Gasteiger partial charge on any atom is -0.422 e. The molecule has 6 nitrogen and oxygen atoms in total. The van der Waals surface area contributed by atoms with Crippen LogP contribution in [0.25, 0.3) is 17.2 Å². The molecule has 0 bridgehead atoms. The van der Waals surface area contributed by atoms with Crippen molar-refractivity contribution in [2.75, 3.05) is 4.90 Å². The topological polar surface area (TPSA) is 72.9 Å². The molecule has 9 heteroatoms. The van der Waals surface area contributed by atoms with Crippen LogP contribution >= 0.6 is 34.3 Å². The average molecular weight is 681 g/mol. The Balaban J connectivity index is 1.07. The second-order valence-corrected chi connectivity index (χ2v) is 15.0. The molecular weight excluding hydrogens is 650 g/mol. The normalized spacial score (nSPS) is 22.5. The molecule has 4 aromatic rings. The van der Waals surface area contributed by atoms with Gasteiger partial charge < -0.3 is 9.47 Å². The van der Waals surface area contributed by atoms with Crippen molar-refractivity contribution in [2.45, 2.75) is 45.3 Å². The van der Waals surface area contributed by atoms with E-state index in [1.54, 1.807) is 35.6 Å². The summed E-state index contributed by atoms with van der Waals surface area (Å²) in [7, 11) is 0. The molecule has 0 spiro atoms. The van der Waals surface area contributed by atoms with Gasteiger partial charge in [-0.25, -0.2) is 9.69 Å². The van der Waals surface area contributed by atoms with Gasteiger partial charge in [0, 0.05) is 9.75 Å². The molecule has 1 radical (unpaired) electrons. The molecule has 4 atom stereocenters. The van der Waals surface area contributed by atoms with E-state index in [0.29, 0.717) is 16.3 Å². The first-order valence-electron chi connectivity index (χ1n) is 15.5. The minimum atomic E-state index is -0.720. The molecule has 47 heavy (non-hydrogen) atoms. The molecular formula is C38H31ClNO5S2. The summed E-state index contributed by atoms with van der Waals surface area (Å²) in [5.41, 5.74) is 6.20. The van der Waals surface area contributed by atoms with Crippen LogP contribution in [0.3, 0.4) is 0 Å². The smallest absolute Gasteiger partial charge is 0.353 e. The van der Waals surface area contributed by atoms with Crippen molar-refractivity contribution < 1.29 is 23.9 Å². The van der Waals surface area contributed by atoms with Gasteiger partial charge in [0.1, 0.15) is 10.6 Å². The molecule has 1 aliphatic carbocycles. The minimum absolute atomic E-state index is 0.315. The fourth-order valence-corrected chi connectivity index (χ4v) is 9.04. The van der Waals surface area contributed by atoms with Gasteiger partial charge in [-0.15, -0.1) is 22.7 Å². The monoisotopic (exact) mass is 680 g/mol. The van der Waals surface area contributed by atoms with Gasteiger partial charge in [-0.1, -0.05) is 66.7 Å². The predicted molar refractivity (Wildman–Crippen MR) is 188 cm³/mol. The summed E-state index contributed by atoms with van der Waals surface area (Å²) in [6.07, 6.45) is 6.74. The molecule has 2 amide bonds. The lowest BCUT2D eigenvalue weighted by Crippen LogP contribution is -2.35. The highest BCUT2D eigenvalue weighted by molar-refractivity contribution is 7.16. The number of halogens is 1. The Morgan fingerprint density at radius 2 is 1.55 bits per heavy atom. The zero-order chi connectivity index (χ0) is 32.8. The standard InChI is InChI=1S/C38H31ClNO5S2/c1-4-30-34-35(31(45-30)18-13-23-9-6-5-7-10-23)37(42)40(36(34)41)24-14-16-25(17-15-24)44-38(43)32-19-28(21(2)46-32)26-11-8-12-27(26)29-20-33(39)47-22(29)3/h1,4-7,9-10,13-20,30-31,34-35H,8,11-12H2,2-3H3/b4-1?,18-13+. The number of anilines is 1. The van der Waals surface area contributed by atoms with Crippen LogP contribution in [0.15, 0.2) is 78.9 Å². The Kier molecular flexibility index (Phi) is 8.61. The van der Waals surface area contributed by atoms with Crippen molar-refractivity contribution in [1.82, 2.24) is 0 Å². The number of allylic oxidation sites excluding steroid dienone is 2. The van der Waals surface area contributed by atoms with Crippen LogP contribution in [0.4, 0.5) is 5.69 Å². The number of ether oxygens (including phenoxy) is 2. The maximum absolute atomic E-state index is 13.6. The first kappa shape index (κ1) is 31.5. The number of carbonyl (C=O) groups is 3. The van der Waals surface area contributed by atoms with Gasteiger partial charge in [-0.05, 0) is 97.3 Å². The zero-order valence-corrected chi connectivity index (χ0v) is 28.2. The van der Waals surface area contributed by atoms with E-state index < -0.39 is 30.0 Å². The van der Waals surface area contributed by atoms with Crippen molar-refractivity contribution in [1.29, 1.82) is 0 Å². The highest BCUT2D eigenvalue weighted by Gasteiger charge is 2.59. The van der Waals surface area contributed by atoms with Gasteiger partial charge in [-0.3, -0.25) is 9.59 Å². The Hall–Kier alpha value is -4.08. The summed E-state index contributed by atoms with van der Waals surface area (Å²) >= 11 is 9.31. The van der Waals surface area contributed by atoms with Crippen LogP contribution < -0.4 is 9.64 Å². The first-order valence-corrected chi connectivity index (χ1v) is 17.5. The van der Waals surface area contributed by atoms with Gasteiger partial charge in [0.25, 0.3) is 0 Å². The van der Waals surface area contributed by atoms with E-state index in [2.05, 4.69) is 6.92 Å². The first-order chi connectivity index (χ1) is 22.7. The lowest BCUT2D eigenvalue weighted by molar-refractivity contribution is -0.124. The maximum atomic E-state index is 13.6. The molecule has 7 rings (SSSR count). The number of hydrogen-bond acceptors (Lipinski definition) is 7. The SMILES string of the molecule is [CH]=CC1OC(/C=C/c2ccccc2)C2C(=O)N(c3ccc(OC(=O)c4cc(C5=C(c6cc(Cl)sc6C)CCC5)c(C)s4)cc3)C(=O)C12. The van der Waals surface area contributed by atoms with Crippen LogP contribution in [0.2, 0.25) is 4.34 Å². The predicted octanol–water partition coefficient (Wildman–Crippen LogP) is 8.97. The van der Waals surface area contributed by atoms with Gasteiger partial charge in [0.15, 0.2) is 0 Å². The van der Waals surface area contributed by atoms with E-state index in [9.17, 15) is 14.4 Å². The number of amides is 2. The van der Waals surface area contributed by atoms with Crippen molar-refractivity contribution in [2.24, 2.45) is 11.8 Å². The fraction of sp³-hybridized carbons (Fsp3) is 0.237. The lowest BCUT2D eigenvalue weighted by Gasteiger charge is -2.19. The number of nitrogens with zero attached hydrogens (tertiary/aromatic N) is 1. The van der Waals surface area contributed by atoms with E-state index in [0.717, 1.165) is 39.6 Å². The van der Waals surface area contributed by atoms with E-state index >= 15 is 0 Å². The molecule has 3 aliphatic rings. The molecule has 0 saturated carbocycles. The Labute approximate surface area is 286 Å². The van der Waals surface area contributed by atoms with E-state index in [-0.39, 0.29) is 11.8 Å². The molecule has 2 aromatic carbocycles. The maximum Gasteiger partial charge on any atom is 0.353 e. The van der Waals surface area contributed by atoms with Crippen LogP contribution in [0.5, 0.6) is 5.75 Å². The zero-order valence-electron chi connectivity index (χ0n) is 25.8. The van der Waals surface area contributed by atoms with E-state index in [1.165, 1.54) is 43.9 Å². The Morgan fingerprint density at radius 1 is 0.915 bits per heavy atom. The summed E-state index contributed by atoms with van der Waals surface area (Å²) in [5, 5.41) is 0. The Bertz CT molecular complexity index is 1950. The molecule has 237 valence electrons. The van der Waals surface area contributed by atoms with Gasteiger partial charge in [0.2, 0.25) is 11.8 Å². The Morgan fingerprint density at radius 3 is 2.19 bits per heavy atom. The molecule has 2 aromatic heterocycles. The summed E-state index contributed by atoms with van der Waals surface area (Å²) < 4.78 is 12.5. The molecule has 2 fully saturated rings. The van der Waals surface area contributed by atoms with Gasteiger partial charge in [-0.2, -0.15) is 0 Å². The highest BCUT2D eigenvalue weighted by Crippen LogP contribution is 2.46. The third-order valence-corrected chi connectivity index (χ3v) is 11.3. The third kappa shape index (κ3) is 5.84. The van der Waals surface area contributed by atoms with Crippen molar-refractivity contribution in [3.63, 3.8) is 0 Å². The molecule has 2 aliphatic heterocycles. The van der Waals surface area contributed by atoms with Gasteiger partial charge in [0.05, 0.1) is 34.1 Å². The molecule has 2 saturated heterocycles. The van der Waals surface area contributed by atoms with Crippen LogP contribution in [-0.2, 0) is 14.3 Å². The summed E-state index contributed by atoms with van der Waals surface area (Å²) in [5.74, 6) is -2.27. The summed E-state index contributed by atoms with van der Waals surface area (Å²) in [6, 6.07) is 20.1. The number of carbonyl (C=O) groups excluding carboxylic acids is 3. The number of imide groups is 1. The number of benzene rings is 2. The number of fused-ring (bicyclic) bond motifs is 1. The van der Waals surface area contributed by atoms with Crippen LogP contribution in [0.1, 0.15) is 55.4 Å². The van der Waals surface area contributed by atoms with Crippen molar-refractivity contribution in [3.8, 4) is 5.75 Å². The number of esters is 1. The van der Waals surface area contributed by atoms with Gasteiger partial charge >= 0.3 is 5.97 Å². The second-order valence-electron chi connectivity index (χ2n) is 11.9. The molecule has 4 unspecified atom stereocenters. The van der Waals surface area contributed by atoms with Crippen LogP contribution in [-0.4, -0.2) is 30.0 Å². The fourth-order valence-electron chi connectivity index (χ4n) is 6.90. The highest BCUT2D eigenvalue weighted by atomic mass is 35.5. The number of thiophene rings is 2. The number of rotatable bonds is 8. The largest absolute Gasteiger partial charge is 0.422 e. The van der Waals surface area contributed by atoms with Crippen molar-refractivity contribution >= 4 is 75.0 Å². The quantitative estimate of drug-likeness (QED) is 0.106. The molecule has 4 heterocycles. The second kappa shape index (κ2) is 12.8. The van der Waals surface area contributed by atoms with E-state index in [1.807, 2.05) is 61.5 Å². The lowest BCUT2D eigenvalue weighted by atomic mass is 9.89. The number of aryl methyl sites for hydroxylation is 2. The summed E-state index contributed by atoms with van der Waals surface area (Å²) in [6.45, 7) is 9.96. The molecule has 0 N–H and O–H groups in total. The number of hydrogen-bond donors (Lipinski definition) is 0. The van der Waals surface area contributed by atoms with E-state index in [4.69, 9.17) is 27.7 Å². The summed E-state index contributed by atoms with van der Waals surface area (Å²) in [4.78, 5) is 44.4. The third-order valence-electron chi connectivity index (χ3n) is 9.07. The van der Waals surface area contributed by atoms with Crippen molar-refractivity contribution in [3.05, 3.63) is 121 Å². The average Bonchev–Trinajstić information content (AvgIpc) is 3.88.